The number of rotatable bonds is 3. The molecule has 3 N–H and O–H groups in total. The molecular formula is C14H14Cl2N2O2S. The molecule has 4 nitrogen and oxygen atoms in total. The van der Waals surface area contributed by atoms with Crippen molar-refractivity contribution in [3.8, 4) is 0 Å². The van der Waals surface area contributed by atoms with E-state index in [4.69, 9.17) is 28.9 Å². The van der Waals surface area contributed by atoms with E-state index in [1.807, 2.05) is 0 Å². The van der Waals surface area contributed by atoms with E-state index in [0.717, 1.165) is 0 Å². The van der Waals surface area contributed by atoms with E-state index in [1.165, 1.54) is 0 Å². The molecule has 0 aliphatic rings. The minimum Gasteiger partial charge on any atom is -0.399 e. The normalized spacial score (nSPS) is 11.4. The number of aryl methyl sites for hydroxylation is 2. The van der Waals surface area contributed by atoms with Crippen molar-refractivity contribution >= 4 is 44.6 Å². The van der Waals surface area contributed by atoms with Crippen molar-refractivity contribution in [2.75, 3.05) is 10.5 Å². The second-order valence-corrected chi connectivity index (χ2v) is 7.10. The fourth-order valence-corrected chi connectivity index (χ4v) is 4.12. The maximum Gasteiger partial charge on any atom is 0.262 e. The largest absolute Gasteiger partial charge is 0.399 e. The molecule has 2 rings (SSSR count). The second kappa shape index (κ2) is 5.75. The molecule has 0 spiro atoms. The summed E-state index contributed by atoms with van der Waals surface area (Å²) in [5.41, 5.74) is 7.60. The summed E-state index contributed by atoms with van der Waals surface area (Å²) in [7, 11) is -3.78. The molecule has 2 aromatic carbocycles. The van der Waals surface area contributed by atoms with Gasteiger partial charge in [0, 0.05) is 5.69 Å². The van der Waals surface area contributed by atoms with Gasteiger partial charge < -0.3 is 5.73 Å². The van der Waals surface area contributed by atoms with Crippen molar-refractivity contribution in [2.45, 2.75) is 18.7 Å². The Bertz CT molecular complexity index is 782. The maximum atomic E-state index is 12.6. The van der Waals surface area contributed by atoms with Gasteiger partial charge in [0.2, 0.25) is 0 Å². The monoisotopic (exact) mass is 344 g/mol. The number of nitrogens with one attached hydrogen (secondary N) is 1. The average molecular weight is 345 g/mol. The van der Waals surface area contributed by atoms with E-state index < -0.39 is 10.0 Å². The molecule has 112 valence electrons. The zero-order valence-corrected chi connectivity index (χ0v) is 13.8. The summed E-state index contributed by atoms with van der Waals surface area (Å²) in [6.07, 6.45) is 0. The lowest BCUT2D eigenvalue weighted by molar-refractivity contribution is 0.600. The Labute approximate surface area is 133 Å². The lowest BCUT2D eigenvalue weighted by Crippen LogP contribution is -2.16. The first kappa shape index (κ1) is 15.9. The van der Waals surface area contributed by atoms with E-state index in [2.05, 4.69) is 4.72 Å². The van der Waals surface area contributed by atoms with Gasteiger partial charge in [0.05, 0.1) is 20.6 Å². The summed E-state index contributed by atoms with van der Waals surface area (Å²) in [5.74, 6) is 0. The lowest BCUT2D eigenvalue weighted by Gasteiger charge is -2.14. The number of nitrogen functional groups attached to an aromatic ring is 1. The van der Waals surface area contributed by atoms with Crippen LogP contribution in [-0.4, -0.2) is 8.42 Å². The van der Waals surface area contributed by atoms with Gasteiger partial charge in [-0.2, -0.15) is 0 Å². The third kappa shape index (κ3) is 3.26. The van der Waals surface area contributed by atoms with E-state index in [1.54, 1.807) is 44.2 Å². The summed E-state index contributed by atoms with van der Waals surface area (Å²) in [4.78, 5) is 0.188. The molecule has 0 aliphatic carbocycles. The van der Waals surface area contributed by atoms with Crippen LogP contribution in [0.2, 0.25) is 10.0 Å². The van der Waals surface area contributed by atoms with Crippen LogP contribution in [0.5, 0.6) is 0 Å². The third-order valence-electron chi connectivity index (χ3n) is 2.95. The predicted octanol–water partition coefficient (Wildman–Crippen LogP) is 3.99. The van der Waals surface area contributed by atoms with Crippen molar-refractivity contribution in [3.05, 3.63) is 51.5 Å². The van der Waals surface area contributed by atoms with Crippen LogP contribution in [0.3, 0.4) is 0 Å². The van der Waals surface area contributed by atoms with Crippen molar-refractivity contribution in [1.82, 2.24) is 0 Å². The molecule has 0 saturated heterocycles. The molecule has 7 heteroatoms. The summed E-state index contributed by atoms with van der Waals surface area (Å²) in [5, 5.41) is 0.441. The molecule has 0 bridgehead atoms. The van der Waals surface area contributed by atoms with E-state index in [-0.39, 0.29) is 20.6 Å². The van der Waals surface area contributed by atoms with Gasteiger partial charge in [0.25, 0.3) is 10.0 Å². The summed E-state index contributed by atoms with van der Waals surface area (Å²) in [6.45, 7) is 3.38. The SMILES string of the molecule is Cc1cc(N)cc(C)c1S(=O)(=O)Nc1cccc(Cl)c1Cl. The van der Waals surface area contributed by atoms with Crippen LogP contribution in [-0.2, 0) is 10.0 Å². The highest BCUT2D eigenvalue weighted by molar-refractivity contribution is 7.92. The molecular weight excluding hydrogens is 331 g/mol. The van der Waals surface area contributed by atoms with Crippen molar-refractivity contribution < 1.29 is 8.42 Å². The first-order valence-electron chi connectivity index (χ1n) is 6.06. The molecule has 0 aliphatic heterocycles. The minimum absolute atomic E-state index is 0.161. The third-order valence-corrected chi connectivity index (χ3v) is 5.44. The van der Waals surface area contributed by atoms with Crippen molar-refractivity contribution in [1.29, 1.82) is 0 Å². The van der Waals surface area contributed by atoms with Crippen molar-refractivity contribution in [3.63, 3.8) is 0 Å². The fraction of sp³-hybridized carbons (Fsp3) is 0.143. The van der Waals surface area contributed by atoms with Gasteiger partial charge in [-0.15, -0.1) is 0 Å². The van der Waals surface area contributed by atoms with Gasteiger partial charge in [0.1, 0.15) is 0 Å². The predicted molar refractivity (Wildman–Crippen MR) is 87.6 cm³/mol. The van der Waals surface area contributed by atoms with Crippen LogP contribution in [0.4, 0.5) is 11.4 Å². The molecule has 0 amide bonds. The zero-order valence-electron chi connectivity index (χ0n) is 11.4. The molecule has 0 atom stereocenters. The first-order chi connectivity index (χ1) is 9.72. The molecule has 0 aromatic heterocycles. The highest BCUT2D eigenvalue weighted by atomic mass is 35.5. The summed E-state index contributed by atoms with van der Waals surface area (Å²) in [6, 6.07) is 7.98. The number of anilines is 2. The summed E-state index contributed by atoms with van der Waals surface area (Å²) >= 11 is 11.9. The Morgan fingerprint density at radius 3 is 2.24 bits per heavy atom. The molecule has 2 aromatic rings. The maximum absolute atomic E-state index is 12.6. The topological polar surface area (TPSA) is 72.2 Å². The van der Waals surface area contributed by atoms with Gasteiger partial charge in [-0.25, -0.2) is 8.42 Å². The number of benzene rings is 2. The molecule has 21 heavy (non-hydrogen) atoms. The Morgan fingerprint density at radius 2 is 1.67 bits per heavy atom. The number of hydrogen-bond donors (Lipinski definition) is 2. The lowest BCUT2D eigenvalue weighted by atomic mass is 10.1. The average Bonchev–Trinajstić information content (AvgIpc) is 2.33. The number of halogens is 2. The van der Waals surface area contributed by atoms with Gasteiger partial charge in [-0.3, -0.25) is 4.72 Å². The molecule has 0 unspecified atom stereocenters. The van der Waals surface area contributed by atoms with E-state index in [0.29, 0.717) is 16.8 Å². The van der Waals surface area contributed by atoms with E-state index in [9.17, 15) is 8.42 Å². The van der Waals surface area contributed by atoms with Crippen LogP contribution in [0, 0.1) is 13.8 Å². The van der Waals surface area contributed by atoms with Gasteiger partial charge in [-0.05, 0) is 49.2 Å². The Morgan fingerprint density at radius 1 is 1.10 bits per heavy atom. The quantitative estimate of drug-likeness (QED) is 0.826. The second-order valence-electron chi connectivity index (χ2n) is 4.69. The zero-order chi connectivity index (χ0) is 15.8. The molecule has 0 fully saturated rings. The summed E-state index contributed by atoms with van der Waals surface area (Å²) < 4.78 is 27.6. The Kier molecular flexibility index (Phi) is 4.37. The number of sulfonamides is 1. The van der Waals surface area contributed by atoms with Crippen LogP contribution >= 0.6 is 23.2 Å². The van der Waals surface area contributed by atoms with Gasteiger partial charge in [-0.1, -0.05) is 29.3 Å². The Hall–Kier alpha value is -1.43. The molecule has 0 heterocycles. The smallest absolute Gasteiger partial charge is 0.262 e. The van der Waals surface area contributed by atoms with Crippen LogP contribution in [0.15, 0.2) is 35.2 Å². The molecule has 0 radical (unpaired) electrons. The van der Waals surface area contributed by atoms with Gasteiger partial charge >= 0.3 is 0 Å². The number of nitrogens with two attached hydrogens (primary N) is 1. The fourth-order valence-electron chi connectivity index (χ4n) is 2.19. The van der Waals surface area contributed by atoms with Crippen LogP contribution in [0.1, 0.15) is 11.1 Å². The van der Waals surface area contributed by atoms with Crippen molar-refractivity contribution in [2.24, 2.45) is 0 Å². The Balaban J connectivity index is 2.51. The van der Waals surface area contributed by atoms with Crippen LogP contribution < -0.4 is 10.5 Å². The minimum atomic E-state index is -3.78. The number of hydrogen-bond acceptors (Lipinski definition) is 3. The van der Waals surface area contributed by atoms with Gasteiger partial charge in [0.15, 0.2) is 0 Å². The van der Waals surface area contributed by atoms with E-state index >= 15 is 0 Å². The highest BCUT2D eigenvalue weighted by Crippen LogP contribution is 2.32. The van der Waals surface area contributed by atoms with Crippen LogP contribution in [0.25, 0.3) is 0 Å². The molecule has 0 saturated carbocycles. The highest BCUT2D eigenvalue weighted by Gasteiger charge is 2.21. The standard InChI is InChI=1S/C14H14Cl2N2O2S/c1-8-6-10(17)7-9(2)14(8)21(19,20)18-12-5-3-4-11(15)13(12)16/h3-7,18H,17H2,1-2H3. The first-order valence-corrected chi connectivity index (χ1v) is 8.30.